The molecule has 1 aliphatic carbocycles. The fourth-order valence-corrected chi connectivity index (χ4v) is 1.82. The van der Waals surface area contributed by atoms with E-state index in [2.05, 4.69) is 15.6 Å². The molecule has 1 fully saturated rings. The van der Waals surface area contributed by atoms with Crippen LogP contribution in [0.15, 0.2) is 4.52 Å². The smallest absolute Gasteiger partial charge is 0.314 e. The van der Waals surface area contributed by atoms with Gasteiger partial charge in [0.05, 0.1) is 0 Å². The summed E-state index contributed by atoms with van der Waals surface area (Å²) in [6.45, 7) is 0. The number of nitrogens with one attached hydrogen (secondary N) is 1. The van der Waals surface area contributed by atoms with E-state index in [9.17, 15) is 0 Å². The topological polar surface area (TPSA) is 77.0 Å². The first-order valence-electron chi connectivity index (χ1n) is 4.70. The largest absolute Gasteiger partial charge is 0.335 e. The standard InChI is InChI=1S/C8H14N4O/c9-11-8-10-7(12-13-8)6-4-2-1-3-5-6/h6H,1-5,9H2,(H,10,11,12). The molecule has 3 N–H and O–H groups in total. The molecule has 0 unspecified atom stereocenters. The summed E-state index contributed by atoms with van der Waals surface area (Å²) in [4.78, 5) is 4.14. The van der Waals surface area contributed by atoms with Crippen LogP contribution in [-0.4, -0.2) is 10.1 Å². The Balaban J connectivity index is 2.05. The highest BCUT2D eigenvalue weighted by molar-refractivity contribution is 5.16. The van der Waals surface area contributed by atoms with E-state index in [0.717, 1.165) is 5.82 Å². The molecule has 1 saturated carbocycles. The number of aromatic nitrogens is 2. The zero-order valence-electron chi connectivity index (χ0n) is 7.49. The quantitative estimate of drug-likeness (QED) is 0.534. The van der Waals surface area contributed by atoms with E-state index in [1.54, 1.807) is 0 Å². The zero-order valence-corrected chi connectivity index (χ0v) is 7.49. The van der Waals surface area contributed by atoms with E-state index in [4.69, 9.17) is 10.4 Å². The van der Waals surface area contributed by atoms with Gasteiger partial charge in [-0.05, 0) is 12.8 Å². The van der Waals surface area contributed by atoms with Crippen molar-refractivity contribution in [3.05, 3.63) is 5.82 Å². The Morgan fingerprint density at radius 2 is 2.08 bits per heavy atom. The summed E-state index contributed by atoms with van der Waals surface area (Å²) in [5.41, 5.74) is 2.35. The molecule has 1 aromatic heterocycles. The molecule has 13 heavy (non-hydrogen) atoms. The third-order valence-corrected chi connectivity index (χ3v) is 2.54. The Bertz CT molecular complexity index is 267. The lowest BCUT2D eigenvalue weighted by atomic mass is 9.89. The van der Waals surface area contributed by atoms with Crippen LogP contribution >= 0.6 is 0 Å². The monoisotopic (exact) mass is 182 g/mol. The van der Waals surface area contributed by atoms with E-state index in [-0.39, 0.29) is 0 Å². The lowest BCUT2D eigenvalue weighted by molar-refractivity contribution is 0.385. The number of nitrogens with two attached hydrogens (primary N) is 1. The van der Waals surface area contributed by atoms with Gasteiger partial charge in [-0.15, -0.1) is 0 Å². The highest BCUT2D eigenvalue weighted by Gasteiger charge is 2.20. The second-order valence-electron chi connectivity index (χ2n) is 3.44. The molecule has 72 valence electrons. The summed E-state index contributed by atoms with van der Waals surface area (Å²) in [5.74, 6) is 6.42. The minimum absolute atomic E-state index is 0.306. The van der Waals surface area contributed by atoms with Crippen molar-refractivity contribution >= 4 is 6.01 Å². The molecule has 0 saturated heterocycles. The lowest BCUT2D eigenvalue weighted by Gasteiger charge is -2.17. The molecule has 0 atom stereocenters. The van der Waals surface area contributed by atoms with Crippen molar-refractivity contribution in [2.45, 2.75) is 38.0 Å². The number of nitrogens with zero attached hydrogens (tertiary/aromatic N) is 2. The van der Waals surface area contributed by atoms with Crippen LogP contribution in [0.25, 0.3) is 0 Å². The molecular weight excluding hydrogens is 168 g/mol. The molecule has 0 aromatic carbocycles. The number of nitrogen functional groups attached to an aromatic ring is 1. The molecule has 0 aliphatic heterocycles. The predicted molar refractivity (Wildman–Crippen MR) is 47.9 cm³/mol. The van der Waals surface area contributed by atoms with Crippen LogP contribution in [0.5, 0.6) is 0 Å². The number of anilines is 1. The van der Waals surface area contributed by atoms with Gasteiger partial charge in [0, 0.05) is 5.92 Å². The average Bonchev–Trinajstić information content (AvgIpc) is 2.67. The first-order valence-corrected chi connectivity index (χ1v) is 4.70. The zero-order chi connectivity index (χ0) is 9.10. The van der Waals surface area contributed by atoms with Gasteiger partial charge in [-0.2, -0.15) is 4.98 Å². The fourth-order valence-electron chi connectivity index (χ4n) is 1.82. The van der Waals surface area contributed by atoms with Crippen LogP contribution in [0.1, 0.15) is 43.8 Å². The van der Waals surface area contributed by atoms with Gasteiger partial charge in [-0.25, -0.2) is 5.84 Å². The first kappa shape index (κ1) is 8.50. The molecule has 0 spiro atoms. The van der Waals surface area contributed by atoms with Gasteiger partial charge >= 0.3 is 6.01 Å². The van der Waals surface area contributed by atoms with Crippen molar-refractivity contribution in [2.75, 3.05) is 5.43 Å². The molecule has 1 heterocycles. The van der Waals surface area contributed by atoms with Crippen LogP contribution in [0.4, 0.5) is 6.01 Å². The minimum atomic E-state index is 0.306. The summed E-state index contributed by atoms with van der Waals surface area (Å²) in [7, 11) is 0. The Labute approximate surface area is 76.7 Å². The van der Waals surface area contributed by atoms with E-state index in [0.29, 0.717) is 11.9 Å². The molecule has 0 radical (unpaired) electrons. The van der Waals surface area contributed by atoms with Gasteiger partial charge in [0.2, 0.25) is 0 Å². The highest BCUT2D eigenvalue weighted by Crippen LogP contribution is 2.30. The predicted octanol–water partition coefficient (Wildman–Crippen LogP) is 1.40. The lowest BCUT2D eigenvalue weighted by Crippen LogP contribution is -2.08. The summed E-state index contributed by atoms with van der Waals surface area (Å²) < 4.78 is 4.87. The van der Waals surface area contributed by atoms with Gasteiger partial charge in [0.25, 0.3) is 0 Å². The second kappa shape index (κ2) is 3.74. The van der Waals surface area contributed by atoms with Crippen LogP contribution in [-0.2, 0) is 0 Å². The summed E-state index contributed by atoms with van der Waals surface area (Å²) >= 11 is 0. The molecule has 0 amide bonds. The average molecular weight is 182 g/mol. The maximum Gasteiger partial charge on any atom is 0.335 e. The van der Waals surface area contributed by atoms with Crippen molar-refractivity contribution in [3.63, 3.8) is 0 Å². The SMILES string of the molecule is NNc1nc(C2CCCCC2)no1. The molecule has 1 aromatic rings. The minimum Gasteiger partial charge on any atom is -0.314 e. The van der Waals surface area contributed by atoms with E-state index in [1.165, 1.54) is 32.1 Å². The van der Waals surface area contributed by atoms with Gasteiger partial charge in [-0.3, -0.25) is 5.43 Å². The van der Waals surface area contributed by atoms with E-state index >= 15 is 0 Å². The van der Waals surface area contributed by atoms with Crippen LogP contribution in [0.3, 0.4) is 0 Å². The van der Waals surface area contributed by atoms with Crippen LogP contribution < -0.4 is 11.3 Å². The summed E-state index contributed by atoms with van der Waals surface area (Å²) in [6, 6.07) is 0.306. The van der Waals surface area contributed by atoms with Crippen molar-refractivity contribution < 1.29 is 4.52 Å². The third kappa shape index (κ3) is 1.80. The molecule has 2 rings (SSSR count). The molecule has 1 aliphatic rings. The Morgan fingerprint density at radius 1 is 1.31 bits per heavy atom. The van der Waals surface area contributed by atoms with E-state index in [1.807, 2.05) is 0 Å². The summed E-state index contributed by atoms with van der Waals surface area (Å²) in [5, 5.41) is 3.88. The number of hydrogen-bond acceptors (Lipinski definition) is 5. The molecule has 5 heteroatoms. The third-order valence-electron chi connectivity index (χ3n) is 2.54. The van der Waals surface area contributed by atoms with Crippen LogP contribution in [0, 0.1) is 0 Å². The maximum atomic E-state index is 5.15. The Morgan fingerprint density at radius 3 is 2.69 bits per heavy atom. The normalized spacial score (nSPS) is 18.8. The van der Waals surface area contributed by atoms with Crippen LogP contribution in [0.2, 0.25) is 0 Å². The van der Waals surface area contributed by atoms with Crippen molar-refractivity contribution in [3.8, 4) is 0 Å². The molecule has 5 nitrogen and oxygen atoms in total. The Kier molecular flexibility index (Phi) is 2.44. The Hall–Kier alpha value is -1.10. The number of rotatable bonds is 2. The van der Waals surface area contributed by atoms with E-state index < -0.39 is 0 Å². The van der Waals surface area contributed by atoms with Gasteiger partial charge in [0.1, 0.15) is 0 Å². The number of hydrazine groups is 1. The molecule has 0 bridgehead atoms. The van der Waals surface area contributed by atoms with Crippen molar-refractivity contribution in [2.24, 2.45) is 5.84 Å². The van der Waals surface area contributed by atoms with Gasteiger partial charge in [0.15, 0.2) is 5.82 Å². The van der Waals surface area contributed by atoms with Crippen molar-refractivity contribution in [1.82, 2.24) is 10.1 Å². The first-order chi connectivity index (χ1) is 6.40. The maximum absolute atomic E-state index is 5.15. The van der Waals surface area contributed by atoms with Gasteiger partial charge in [-0.1, -0.05) is 24.4 Å². The number of hydrogen-bond donors (Lipinski definition) is 2. The van der Waals surface area contributed by atoms with Gasteiger partial charge < -0.3 is 4.52 Å². The second-order valence-corrected chi connectivity index (χ2v) is 3.44. The fraction of sp³-hybridized carbons (Fsp3) is 0.750. The molecular formula is C8H14N4O. The summed E-state index contributed by atoms with van der Waals surface area (Å²) in [6.07, 6.45) is 6.21. The van der Waals surface area contributed by atoms with Crippen molar-refractivity contribution in [1.29, 1.82) is 0 Å². The highest BCUT2D eigenvalue weighted by atomic mass is 16.5.